The summed E-state index contributed by atoms with van der Waals surface area (Å²) >= 11 is 3.49. The maximum Gasteiger partial charge on any atom is 0.319 e. The van der Waals surface area contributed by atoms with E-state index in [0.717, 1.165) is 58.2 Å². The number of carbonyl (C=O) groups is 1. The van der Waals surface area contributed by atoms with Crippen LogP contribution >= 0.6 is 15.9 Å². The molecule has 0 bridgehead atoms. The first-order valence-corrected chi connectivity index (χ1v) is 10.6. The number of halogens is 1. The van der Waals surface area contributed by atoms with E-state index >= 15 is 0 Å². The number of nitrogens with zero attached hydrogens (tertiary/aromatic N) is 2. The summed E-state index contributed by atoms with van der Waals surface area (Å²) in [6.45, 7) is 1.98. The number of carbonyl (C=O) groups excluding carboxylic acids is 1. The largest absolute Gasteiger partial charge is 0.328 e. The monoisotopic (exact) mass is 450 g/mol. The maximum atomic E-state index is 12.8. The Morgan fingerprint density at radius 1 is 1.03 bits per heavy atom. The van der Waals surface area contributed by atoms with Crippen LogP contribution in [0.25, 0.3) is 11.1 Å². The van der Waals surface area contributed by atoms with Crippen LogP contribution in [-0.4, -0.2) is 16.0 Å². The van der Waals surface area contributed by atoms with E-state index in [-0.39, 0.29) is 11.6 Å². The number of hydrogen-bond acceptors (Lipinski definition) is 3. The molecule has 0 atom stereocenters. The van der Waals surface area contributed by atoms with Crippen LogP contribution in [-0.2, 0) is 5.54 Å². The third-order valence-corrected chi connectivity index (χ3v) is 5.87. The molecule has 6 heteroatoms. The van der Waals surface area contributed by atoms with Crippen molar-refractivity contribution in [2.75, 3.05) is 5.32 Å². The van der Waals surface area contributed by atoms with E-state index in [4.69, 9.17) is 0 Å². The highest BCUT2D eigenvalue weighted by Crippen LogP contribution is 2.39. The highest BCUT2D eigenvalue weighted by molar-refractivity contribution is 9.10. The van der Waals surface area contributed by atoms with Crippen molar-refractivity contribution in [3.8, 4) is 11.1 Å². The van der Waals surface area contributed by atoms with Gasteiger partial charge in [0.25, 0.3) is 0 Å². The number of rotatable bonds is 4. The number of urea groups is 1. The molecule has 3 aromatic rings. The molecule has 5 nitrogen and oxygen atoms in total. The Bertz CT molecular complexity index is 1010. The number of anilines is 1. The molecule has 29 heavy (non-hydrogen) atoms. The molecule has 2 amide bonds. The Kier molecular flexibility index (Phi) is 5.62. The van der Waals surface area contributed by atoms with Crippen molar-refractivity contribution in [3.05, 3.63) is 76.8 Å². The first kappa shape index (κ1) is 19.6. The molecule has 0 saturated heterocycles. The number of aryl methyl sites for hydroxylation is 1. The zero-order chi connectivity index (χ0) is 20.3. The second-order valence-electron chi connectivity index (χ2n) is 7.52. The van der Waals surface area contributed by atoms with Gasteiger partial charge in [0.05, 0.1) is 5.54 Å². The first-order valence-electron chi connectivity index (χ1n) is 9.77. The SMILES string of the molecule is Cc1cc(-c2ccc(NC(=O)NC3(c4cncc(Br)c4)CCCC3)cc2)ccn1. The van der Waals surface area contributed by atoms with Crippen molar-refractivity contribution in [2.24, 2.45) is 0 Å². The van der Waals surface area contributed by atoms with Gasteiger partial charge in [0, 0.05) is 34.4 Å². The molecular formula is C23H23BrN4O. The van der Waals surface area contributed by atoms with Gasteiger partial charge in [0.15, 0.2) is 0 Å². The Labute approximate surface area is 179 Å². The van der Waals surface area contributed by atoms with Gasteiger partial charge in [-0.3, -0.25) is 9.97 Å². The summed E-state index contributed by atoms with van der Waals surface area (Å²) in [5.41, 5.74) is 4.62. The average Bonchev–Trinajstić information content (AvgIpc) is 3.18. The van der Waals surface area contributed by atoms with Gasteiger partial charge in [-0.15, -0.1) is 0 Å². The Hall–Kier alpha value is -2.73. The van der Waals surface area contributed by atoms with Crippen LogP contribution in [0.2, 0.25) is 0 Å². The summed E-state index contributed by atoms with van der Waals surface area (Å²) in [6.07, 6.45) is 9.43. The van der Waals surface area contributed by atoms with Gasteiger partial charge in [-0.25, -0.2) is 4.79 Å². The lowest BCUT2D eigenvalue weighted by Crippen LogP contribution is -2.45. The first-order chi connectivity index (χ1) is 14.0. The molecule has 1 aromatic carbocycles. The number of hydrogen-bond donors (Lipinski definition) is 2. The van der Waals surface area contributed by atoms with Gasteiger partial charge >= 0.3 is 6.03 Å². The summed E-state index contributed by atoms with van der Waals surface area (Å²) in [5, 5.41) is 6.19. The molecule has 2 heterocycles. The predicted octanol–water partition coefficient (Wildman–Crippen LogP) is 5.81. The lowest BCUT2D eigenvalue weighted by Gasteiger charge is -2.31. The molecule has 0 radical (unpaired) electrons. The summed E-state index contributed by atoms with van der Waals surface area (Å²) in [5.74, 6) is 0. The second-order valence-corrected chi connectivity index (χ2v) is 8.44. The minimum Gasteiger partial charge on any atom is -0.328 e. The summed E-state index contributed by atoms with van der Waals surface area (Å²) in [6, 6.07) is 13.7. The summed E-state index contributed by atoms with van der Waals surface area (Å²) < 4.78 is 0.922. The zero-order valence-corrected chi connectivity index (χ0v) is 17.9. The van der Waals surface area contributed by atoms with Crippen LogP contribution in [0, 0.1) is 6.92 Å². The van der Waals surface area contributed by atoms with Crippen LogP contribution in [0.5, 0.6) is 0 Å². The minimum absolute atomic E-state index is 0.195. The van der Waals surface area contributed by atoms with E-state index in [1.54, 1.807) is 6.20 Å². The molecule has 2 aromatic heterocycles. The van der Waals surface area contributed by atoms with E-state index in [9.17, 15) is 4.79 Å². The van der Waals surface area contributed by atoms with E-state index in [1.165, 1.54) is 0 Å². The molecule has 0 aliphatic heterocycles. The topological polar surface area (TPSA) is 66.9 Å². The highest BCUT2D eigenvalue weighted by Gasteiger charge is 2.37. The standard InChI is InChI=1S/C23H23BrN4O/c1-16-12-18(8-11-26-16)17-4-6-21(7-5-17)27-22(29)28-23(9-2-3-10-23)19-13-20(24)15-25-14-19/h4-8,11-15H,2-3,9-10H2,1H3,(H2,27,28,29). The molecule has 1 saturated carbocycles. The Morgan fingerprint density at radius 2 is 1.79 bits per heavy atom. The van der Waals surface area contributed by atoms with Crippen molar-refractivity contribution in [2.45, 2.75) is 38.1 Å². The van der Waals surface area contributed by atoms with Crippen LogP contribution in [0.3, 0.4) is 0 Å². The van der Waals surface area contributed by atoms with E-state index in [0.29, 0.717) is 0 Å². The second kappa shape index (κ2) is 8.33. The van der Waals surface area contributed by atoms with Crippen molar-refractivity contribution in [3.63, 3.8) is 0 Å². The number of pyridine rings is 2. The highest BCUT2D eigenvalue weighted by atomic mass is 79.9. The smallest absolute Gasteiger partial charge is 0.319 e. The minimum atomic E-state index is -0.366. The van der Waals surface area contributed by atoms with Crippen LogP contribution in [0.4, 0.5) is 10.5 Å². The van der Waals surface area contributed by atoms with Gasteiger partial charge in [-0.2, -0.15) is 0 Å². The van der Waals surface area contributed by atoms with Gasteiger partial charge in [0.2, 0.25) is 0 Å². The van der Waals surface area contributed by atoms with E-state index in [1.807, 2.05) is 61.8 Å². The zero-order valence-electron chi connectivity index (χ0n) is 16.3. The number of aromatic nitrogens is 2. The molecular weight excluding hydrogens is 428 g/mol. The quantitative estimate of drug-likeness (QED) is 0.527. The van der Waals surface area contributed by atoms with Crippen molar-refractivity contribution in [1.82, 2.24) is 15.3 Å². The van der Waals surface area contributed by atoms with Crippen LogP contribution in [0.15, 0.2) is 65.5 Å². The molecule has 1 fully saturated rings. The summed E-state index contributed by atoms with van der Waals surface area (Å²) in [7, 11) is 0. The molecule has 1 aliphatic rings. The van der Waals surface area contributed by atoms with Gasteiger partial charge in [0.1, 0.15) is 0 Å². The molecule has 0 spiro atoms. The molecule has 0 unspecified atom stereocenters. The number of amides is 2. The molecule has 4 rings (SSSR count). The third-order valence-electron chi connectivity index (χ3n) is 5.44. The van der Waals surface area contributed by atoms with Gasteiger partial charge in [-0.1, -0.05) is 25.0 Å². The Morgan fingerprint density at radius 3 is 2.48 bits per heavy atom. The Balaban J connectivity index is 1.47. The fourth-order valence-electron chi connectivity index (χ4n) is 3.99. The third kappa shape index (κ3) is 4.48. The molecule has 1 aliphatic carbocycles. The van der Waals surface area contributed by atoms with Crippen LogP contribution in [0.1, 0.15) is 36.9 Å². The fourth-order valence-corrected chi connectivity index (χ4v) is 4.35. The lowest BCUT2D eigenvalue weighted by molar-refractivity contribution is 0.236. The molecule has 2 N–H and O–H groups in total. The van der Waals surface area contributed by atoms with E-state index < -0.39 is 0 Å². The normalized spacial score (nSPS) is 15.1. The number of nitrogens with one attached hydrogen (secondary N) is 2. The van der Waals surface area contributed by atoms with Gasteiger partial charge < -0.3 is 10.6 Å². The molecule has 148 valence electrons. The van der Waals surface area contributed by atoms with E-state index in [2.05, 4.69) is 36.5 Å². The number of benzene rings is 1. The summed E-state index contributed by atoms with van der Waals surface area (Å²) in [4.78, 5) is 21.3. The predicted molar refractivity (Wildman–Crippen MR) is 119 cm³/mol. The van der Waals surface area contributed by atoms with Crippen molar-refractivity contribution < 1.29 is 4.79 Å². The van der Waals surface area contributed by atoms with Gasteiger partial charge in [-0.05, 0) is 82.7 Å². The fraction of sp³-hybridized carbons (Fsp3) is 0.261. The average molecular weight is 451 g/mol. The van der Waals surface area contributed by atoms with Crippen molar-refractivity contribution in [1.29, 1.82) is 0 Å². The maximum absolute atomic E-state index is 12.8. The lowest BCUT2D eigenvalue weighted by atomic mass is 9.89. The van der Waals surface area contributed by atoms with Crippen molar-refractivity contribution >= 4 is 27.6 Å². The van der Waals surface area contributed by atoms with Crippen LogP contribution < -0.4 is 10.6 Å².